The average molecular weight is 371 g/mol. The summed E-state index contributed by atoms with van der Waals surface area (Å²) < 4.78 is 1.87. The first kappa shape index (κ1) is 13.7. The molecule has 2 nitrogen and oxygen atoms in total. The molecule has 0 fully saturated rings. The fraction of sp³-hybridized carbons (Fsp3) is 0.231. The standard InChI is InChI=1S/C13H11BrN2S3/c14-8-2-1-3-9(4-8)19-7-12-15-11-6-18-5-10(11)13(17)16-12/h1-4H,5-7H2,(H,15,16,17). The number of halogens is 1. The maximum Gasteiger partial charge on any atom is 0.134 e. The zero-order valence-electron chi connectivity index (χ0n) is 9.98. The van der Waals surface area contributed by atoms with Crippen LogP contribution in [0, 0.1) is 4.64 Å². The van der Waals surface area contributed by atoms with E-state index in [0.717, 1.165) is 32.2 Å². The second-order valence-electron chi connectivity index (χ2n) is 4.18. The lowest BCUT2D eigenvalue weighted by atomic mass is 10.3. The van der Waals surface area contributed by atoms with Gasteiger partial charge >= 0.3 is 0 Å². The molecule has 1 aliphatic heterocycles. The van der Waals surface area contributed by atoms with Crippen molar-refractivity contribution >= 4 is 51.7 Å². The average Bonchev–Trinajstić information content (AvgIpc) is 2.85. The number of aromatic nitrogens is 2. The zero-order chi connectivity index (χ0) is 13.2. The molecule has 0 radical (unpaired) electrons. The Labute approximate surface area is 133 Å². The molecule has 0 bridgehead atoms. The third-order valence-electron chi connectivity index (χ3n) is 2.82. The van der Waals surface area contributed by atoms with E-state index >= 15 is 0 Å². The summed E-state index contributed by atoms with van der Waals surface area (Å²) in [6.07, 6.45) is 0. The lowest BCUT2D eigenvalue weighted by Gasteiger charge is -2.05. The smallest absolute Gasteiger partial charge is 0.134 e. The van der Waals surface area contributed by atoms with Crippen LogP contribution in [-0.2, 0) is 17.3 Å². The van der Waals surface area contributed by atoms with Crippen LogP contribution in [0.5, 0.6) is 0 Å². The number of benzene rings is 1. The van der Waals surface area contributed by atoms with Gasteiger partial charge in [-0.2, -0.15) is 11.8 Å². The molecule has 2 aromatic rings. The van der Waals surface area contributed by atoms with Crippen molar-refractivity contribution in [2.24, 2.45) is 0 Å². The highest BCUT2D eigenvalue weighted by atomic mass is 79.9. The van der Waals surface area contributed by atoms with E-state index in [1.54, 1.807) is 11.8 Å². The monoisotopic (exact) mass is 370 g/mol. The number of rotatable bonds is 3. The van der Waals surface area contributed by atoms with E-state index < -0.39 is 0 Å². The molecule has 1 aromatic heterocycles. The first-order valence-electron chi connectivity index (χ1n) is 5.79. The number of thioether (sulfide) groups is 2. The number of aromatic amines is 1. The van der Waals surface area contributed by atoms with Crippen LogP contribution in [0.15, 0.2) is 33.6 Å². The summed E-state index contributed by atoms with van der Waals surface area (Å²) in [5, 5.41) is 0. The number of nitrogens with one attached hydrogen (secondary N) is 1. The van der Waals surface area contributed by atoms with Crippen LogP contribution >= 0.6 is 51.7 Å². The van der Waals surface area contributed by atoms with E-state index in [1.807, 2.05) is 23.9 Å². The largest absolute Gasteiger partial charge is 0.345 e. The Hall–Kier alpha value is -0.300. The Kier molecular flexibility index (Phi) is 4.31. The van der Waals surface area contributed by atoms with Gasteiger partial charge in [-0.1, -0.05) is 34.2 Å². The van der Waals surface area contributed by atoms with Crippen molar-refractivity contribution in [2.75, 3.05) is 0 Å². The molecule has 6 heteroatoms. The molecule has 0 saturated carbocycles. The molecule has 0 aliphatic carbocycles. The first-order valence-corrected chi connectivity index (χ1v) is 9.13. The molecule has 0 spiro atoms. The third-order valence-corrected chi connectivity index (χ3v) is 5.64. The lowest BCUT2D eigenvalue weighted by molar-refractivity contribution is 0.963. The highest BCUT2D eigenvalue weighted by molar-refractivity contribution is 9.10. The molecule has 1 aromatic carbocycles. The number of nitrogens with zero attached hydrogens (tertiary/aromatic N) is 1. The van der Waals surface area contributed by atoms with E-state index in [1.165, 1.54) is 16.2 Å². The molecular weight excluding hydrogens is 360 g/mol. The fourth-order valence-electron chi connectivity index (χ4n) is 1.90. The van der Waals surface area contributed by atoms with Gasteiger partial charge in [-0.25, -0.2) is 4.98 Å². The van der Waals surface area contributed by atoms with Gasteiger partial charge < -0.3 is 4.98 Å². The topological polar surface area (TPSA) is 28.7 Å². The molecular formula is C13H11BrN2S3. The SMILES string of the molecule is S=c1nc(CSc2cccc(Br)c2)[nH]c2c1CSC2. The van der Waals surface area contributed by atoms with Gasteiger partial charge in [0.15, 0.2) is 0 Å². The first-order chi connectivity index (χ1) is 9.22. The van der Waals surface area contributed by atoms with Gasteiger partial charge in [-0.05, 0) is 18.2 Å². The Bertz CT molecular complexity index is 669. The van der Waals surface area contributed by atoms with Crippen LogP contribution in [0.2, 0.25) is 0 Å². The maximum atomic E-state index is 5.36. The lowest BCUT2D eigenvalue weighted by Crippen LogP contribution is -1.99. The molecule has 3 rings (SSSR count). The molecule has 0 amide bonds. The Morgan fingerprint density at radius 3 is 3.16 bits per heavy atom. The summed E-state index contributed by atoms with van der Waals surface area (Å²) in [6, 6.07) is 8.29. The fourth-order valence-corrected chi connectivity index (χ4v) is 4.74. The highest BCUT2D eigenvalue weighted by Gasteiger charge is 2.15. The van der Waals surface area contributed by atoms with Gasteiger partial charge in [0.2, 0.25) is 0 Å². The third kappa shape index (κ3) is 3.24. The molecule has 19 heavy (non-hydrogen) atoms. The summed E-state index contributed by atoms with van der Waals surface area (Å²) in [4.78, 5) is 9.14. The Morgan fingerprint density at radius 1 is 1.42 bits per heavy atom. The van der Waals surface area contributed by atoms with E-state index in [0.29, 0.717) is 0 Å². The minimum Gasteiger partial charge on any atom is -0.345 e. The number of hydrogen-bond donors (Lipinski definition) is 1. The predicted molar refractivity (Wildman–Crippen MR) is 88.1 cm³/mol. The molecule has 0 unspecified atom stereocenters. The van der Waals surface area contributed by atoms with Crippen molar-refractivity contribution in [3.05, 3.63) is 50.5 Å². The Balaban J connectivity index is 1.77. The number of fused-ring (bicyclic) bond motifs is 1. The molecule has 0 atom stereocenters. The normalized spacial score (nSPS) is 13.5. The summed E-state index contributed by atoms with van der Waals surface area (Å²) in [7, 11) is 0. The molecule has 1 N–H and O–H groups in total. The molecule has 0 saturated heterocycles. The second-order valence-corrected chi connectivity index (χ2v) is 7.52. The van der Waals surface area contributed by atoms with Crippen LogP contribution in [0.25, 0.3) is 0 Å². The van der Waals surface area contributed by atoms with Gasteiger partial charge in [-0.15, -0.1) is 11.8 Å². The van der Waals surface area contributed by atoms with Crippen molar-refractivity contribution in [3.63, 3.8) is 0 Å². The predicted octanol–water partition coefficient (Wildman–Crippen LogP) is 4.94. The van der Waals surface area contributed by atoms with E-state index in [9.17, 15) is 0 Å². The Morgan fingerprint density at radius 2 is 2.32 bits per heavy atom. The van der Waals surface area contributed by atoms with E-state index in [-0.39, 0.29) is 0 Å². The minimum atomic E-state index is 0.767. The van der Waals surface area contributed by atoms with Crippen LogP contribution in [0.1, 0.15) is 17.1 Å². The quantitative estimate of drug-likeness (QED) is 0.611. The molecule has 98 valence electrons. The minimum absolute atomic E-state index is 0.767. The van der Waals surface area contributed by atoms with Crippen molar-refractivity contribution in [3.8, 4) is 0 Å². The number of H-pyrrole nitrogens is 1. The number of hydrogen-bond acceptors (Lipinski definition) is 4. The van der Waals surface area contributed by atoms with Gasteiger partial charge in [0.1, 0.15) is 10.5 Å². The molecule has 1 aliphatic rings. The zero-order valence-corrected chi connectivity index (χ0v) is 14.0. The maximum absolute atomic E-state index is 5.36. The highest BCUT2D eigenvalue weighted by Crippen LogP contribution is 2.30. The van der Waals surface area contributed by atoms with Gasteiger partial charge in [0, 0.05) is 32.1 Å². The summed E-state index contributed by atoms with van der Waals surface area (Å²) in [6.45, 7) is 0. The van der Waals surface area contributed by atoms with Crippen LogP contribution in [0.4, 0.5) is 0 Å². The second kappa shape index (κ2) is 5.99. The molecule has 2 heterocycles. The van der Waals surface area contributed by atoms with Gasteiger partial charge in [-0.3, -0.25) is 0 Å². The van der Waals surface area contributed by atoms with Crippen LogP contribution in [0.3, 0.4) is 0 Å². The van der Waals surface area contributed by atoms with E-state index in [4.69, 9.17) is 12.2 Å². The summed E-state index contributed by atoms with van der Waals surface area (Å²) in [5.41, 5.74) is 2.48. The summed E-state index contributed by atoms with van der Waals surface area (Å²) >= 11 is 12.5. The van der Waals surface area contributed by atoms with Crippen molar-refractivity contribution < 1.29 is 0 Å². The van der Waals surface area contributed by atoms with Crippen molar-refractivity contribution in [1.82, 2.24) is 9.97 Å². The van der Waals surface area contributed by atoms with E-state index in [2.05, 4.69) is 38.0 Å². The van der Waals surface area contributed by atoms with Gasteiger partial charge in [0.05, 0.1) is 5.75 Å². The van der Waals surface area contributed by atoms with Crippen LogP contribution < -0.4 is 0 Å². The van der Waals surface area contributed by atoms with Crippen molar-refractivity contribution in [2.45, 2.75) is 22.2 Å². The summed E-state index contributed by atoms with van der Waals surface area (Å²) in [5.74, 6) is 3.81. The van der Waals surface area contributed by atoms with Gasteiger partial charge in [0.25, 0.3) is 0 Å². The van der Waals surface area contributed by atoms with Crippen LogP contribution in [-0.4, -0.2) is 9.97 Å². The van der Waals surface area contributed by atoms with Crippen molar-refractivity contribution in [1.29, 1.82) is 0 Å².